The first-order valence-corrected chi connectivity index (χ1v) is 13.4. The zero-order valence-electron chi connectivity index (χ0n) is 20.7. The highest BCUT2D eigenvalue weighted by atomic mass is 32.2. The van der Waals surface area contributed by atoms with Crippen LogP contribution in [0.3, 0.4) is 0 Å². The summed E-state index contributed by atoms with van der Waals surface area (Å²) < 4.78 is 10.8. The van der Waals surface area contributed by atoms with Crippen LogP contribution in [-0.2, 0) is 25.5 Å². The third-order valence-electron chi connectivity index (χ3n) is 6.02. The average Bonchev–Trinajstić information content (AvgIpc) is 3.15. The molecule has 1 aromatic heterocycles. The monoisotopic (exact) mass is 488 g/mol. The van der Waals surface area contributed by atoms with Gasteiger partial charge < -0.3 is 9.47 Å². The molecule has 0 spiro atoms. The molecule has 1 aromatic carbocycles. The summed E-state index contributed by atoms with van der Waals surface area (Å²) in [4.78, 5) is 26.2. The number of aryl methyl sites for hydroxylation is 2. The predicted molar refractivity (Wildman–Crippen MR) is 140 cm³/mol. The molecule has 2 rings (SSSR count). The zero-order valence-corrected chi connectivity index (χ0v) is 22.3. The molecular formula is C27H36O4S2. The van der Waals surface area contributed by atoms with Gasteiger partial charge in [-0.3, -0.25) is 9.59 Å². The predicted octanol–water partition coefficient (Wildman–Crippen LogP) is 6.79. The van der Waals surface area contributed by atoms with E-state index in [9.17, 15) is 9.59 Å². The Morgan fingerprint density at radius 1 is 1.09 bits per heavy atom. The summed E-state index contributed by atoms with van der Waals surface area (Å²) in [7, 11) is 0. The molecule has 1 heterocycles. The third kappa shape index (κ3) is 6.73. The number of carbonyl (C=O) groups is 2. The molecule has 0 fully saturated rings. The van der Waals surface area contributed by atoms with E-state index in [0.29, 0.717) is 17.9 Å². The molecule has 33 heavy (non-hydrogen) atoms. The van der Waals surface area contributed by atoms with Crippen LogP contribution in [0, 0.1) is 13.8 Å². The maximum atomic E-state index is 11.9. The highest BCUT2D eigenvalue weighted by Gasteiger charge is 2.33. The molecule has 0 bridgehead atoms. The Balaban J connectivity index is 2.26. The van der Waals surface area contributed by atoms with Crippen LogP contribution in [0.5, 0.6) is 5.75 Å². The van der Waals surface area contributed by atoms with Crippen molar-refractivity contribution in [3.8, 4) is 5.75 Å². The lowest BCUT2D eigenvalue weighted by molar-refractivity contribution is -0.139. The smallest absolute Gasteiger partial charge is 0.315 e. The fourth-order valence-electron chi connectivity index (χ4n) is 3.85. The van der Waals surface area contributed by atoms with E-state index in [1.54, 1.807) is 18.7 Å². The van der Waals surface area contributed by atoms with Gasteiger partial charge in [0, 0.05) is 20.9 Å². The van der Waals surface area contributed by atoms with Gasteiger partial charge >= 0.3 is 5.97 Å². The molecule has 0 unspecified atom stereocenters. The van der Waals surface area contributed by atoms with Gasteiger partial charge in [0.15, 0.2) is 12.4 Å². The van der Waals surface area contributed by atoms with Gasteiger partial charge in [-0.25, -0.2) is 0 Å². The van der Waals surface area contributed by atoms with Crippen LogP contribution < -0.4 is 4.74 Å². The van der Waals surface area contributed by atoms with Crippen molar-refractivity contribution in [2.45, 2.75) is 65.6 Å². The second-order valence-corrected chi connectivity index (χ2v) is 10.4. The molecule has 0 N–H and O–H groups in total. The van der Waals surface area contributed by atoms with Crippen LogP contribution >= 0.6 is 23.1 Å². The molecule has 0 saturated carbocycles. The topological polar surface area (TPSA) is 52.6 Å². The van der Waals surface area contributed by atoms with E-state index >= 15 is 0 Å². The van der Waals surface area contributed by atoms with Gasteiger partial charge in [0.05, 0.1) is 12.4 Å². The second kappa shape index (κ2) is 12.4. The number of ketones is 1. The van der Waals surface area contributed by atoms with Crippen LogP contribution in [0.1, 0.15) is 67.0 Å². The molecule has 0 radical (unpaired) electrons. The summed E-state index contributed by atoms with van der Waals surface area (Å²) in [6, 6.07) is 8.61. The molecule has 2 aromatic rings. The van der Waals surface area contributed by atoms with Gasteiger partial charge in [-0.05, 0) is 74.9 Å². The van der Waals surface area contributed by atoms with Crippen LogP contribution in [0.15, 0.2) is 36.4 Å². The minimum Gasteiger partial charge on any atom is -0.485 e. The van der Waals surface area contributed by atoms with Crippen molar-refractivity contribution >= 4 is 34.9 Å². The molecule has 180 valence electrons. The second-order valence-electron chi connectivity index (χ2n) is 8.28. The summed E-state index contributed by atoms with van der Waals surface area (Å²) in [5.41, 5.74) is 3.97. The van der Waals surface area contributed by atoms with Gasteiger partial charge in [-0.15, -0.1) is 23.1 Å². The fourth-order valence-corrected chi connectivity index (χ4v) is 6.43. The first-order valence-electron chi connectivity index (χ1n) is 11.4. The Kier molecular flexibility index (Phi) is 10.2. The average molecular weight is 489 g/mol. The number of Topliss-reactive ketones (excluding diaryl/α,β-unsaturated/α-hetero) is 1. The van der Waals surface area contributed by atoms with Crippen molar-refractivity contribution in [3.05, 3.63) is 62.9 Å². The number of esters is 1. The summed E-state index contributed by atoms with van der Waals surface area (Å²) in [6.45, 7) is 16.3. The van der Waals surface area contributed by atoms with Gasteiger partial charge in [0.25, 0.3) is 0 Å². The summed E-state index contributed by atoms with van der Waals surface area (Å²) in [6.07, 6.45) is 1.96. The Morgan fingerprint density at radius 3 is 2.36 bits per heavy atom. The number of hydrogen-bond acceptors (Lipinski definition) is 6. The largest absolute Gasteiger partial charge is 0.485 e. The van der Waals surface area contributed by atoms with Gasteiger partial charge in [-0.2, -0.15) is 0 Å². The summed E-state index contributed by atoms with van der Waals surface area (Å²) in [5.74, 6) is 1.67. The van der Waals surface area contributed by atoms with E-state index in [1.807, 2.05) is 31.3 Å². The van der Waals surface area contributed by atoms with E-state index in [2.05, 4.69) is 45.5 Å². The number of carbonyl (C=O) groups excluding carboxylic acids is 2. The van der Waals surface area contributed by atoms with E-state index in [0.717, 1.165) is 29.9 Å². The highest BCUT2D eigenvalue weighted by Crippen LogP contribution is 2.44. The van der Waals surface area contributed by atoms with E-state index in [-0.39, 0.29) is 23.8 Å². The molecule has 0 atom stereocenters. The van der Waals surface area contributed by atoms with Crippen LogP contribution in [0.25, 0.3) is 0 Å². The number of hydrogen-bond donors (Lipinski definition) is 0. The molecule has 0 aliphatic carbocycles. The van der Waals surface area contributed by atoms with Crippen molar-refractivity contribution in [1.82, 2.24) is 0 Å². The lowest BCUT2D eigenvalue weighted by Crippen LogP contribution is -2.25. The minimum atomic E-state index is -0.156. The van der Waals surface area contributed by atoms with E-state index < -0.39 is 0 Å². The number of thioether (sulfide) groups is 1. The third-order valence-corrected chi connectivity index (χ3v) is 8.58. The number of benzene rings is 1. The standard InChI is InChI=1S/C27H36O4S2/c1-8-27(9-2,21-11-12-23(19(6)13-21)31-15-22(28)18(4)5)25-14-20(7)24(33-25)16-32-17-26(29)30-10-3/h11-14H,4,8-10,15-17H2,1-3,5-7H3. The zero-order chi connectivity index (χ0) is 24.6. The number of ether oxygens (including phenoxy) is 2. The Morgan fingerprint density at radius 2 is 1.79 bits per heavy atom. The first-order chi connectivity index (χ1) is 15.7. The SMILES string of the molecule is C=C(C)C(=O)COc1ccc(C(CC)(CC)c2cc(C)c(CSCC(=O)OCC)s2)cc1C. The Hall–Kier alpha value is -2.05. The number of rotatable bonds is 13. The minimum absolute atomic E-state index is 0.0131. The fraction of sp³-hybridized carbons (Fsp3) is 0.481. The van der Waals surface area contributed by atoms with Crippen molar-refractivity contribution < 1.29 is 19.1 Å². The van der Waals surface area contributed by atoms with Crippen molar-refractivity contribution in [1.29, 1.82) is 0 Å². The van der Waals surface area contributed by atoms with Crippen LogP contribution in [0.2, 0.25) is 0 Å². The molecule has 4 nitrogen and oxygen atoms in total. The molecule has 0 aliphatic heterocycles. The molecule has 0 saturated heterocycles. The highest BCUT2D eigenvalue weighted by molar-refractivity contribution is 7.99. The van der Waals surface area contributed by atoms with Crippen LogP contribution in [-0.4, -0.2) is 30.7 Å². The van der Waals surface area contributed by atoms with E-state index in [1.165, 1.54) is 20.9 Å². The Bertz CT molecular complexity index is 986. The molecule has 0 amide bonds. The summed E-state index contributed by atoms with van der Waals surface area (Å²) >= 11 is 3.45. The van der Waals surface area contributed by atoms with E-state index in [4.69, 9.17) is 9.47 Å². The lowest BCUT2D eigenvalue weighted by atomic mass is 9.74. The molecular weight excluding hydrogens is 452 g/mol. The maximum absolute atomic E-state index is 11.9. The normalized spacial score (nSPS) is 11.3. The Labute approximate surface area is 206 Å². The van der Waals surface area contributed by atoms with Crippen molar-refractivity contribution in [2.24, 2.45) is 0 Å². The van der Waals surface area contributed by atoms with Crippen molar-refractivity contribution in [2.75, 3.05) is 19.0 Å². The van der Waals surface area contributed by atoms with Gasteiger partial charge in [0.1, 0.15) is 5.75 Å². The molecule has 0 aliphatic rings. The maximum Gasteiger partial charge on any atom is 0.315 e. The van der Waals surface area contributed by atoms with Gasteiger partial charge in [-0.1, -0.05) is 32.6 Å². The first kappa shape index (κ1) is 27.2. The van der Waals surface area contributed by atoms with Crippen LogP contribution in [0.4, 0.5) is 0 Å². The lowest BCUT2D eigenvalue weighted by Gasteiger charge is -2.32. The molecule has 6 heteroatoms. The number of thiophene rings is 1. The van der Waals surface area contributed by atoms with Gasteiger partial charge in [0.2, 0.25) is 0 Å². The summed E-state index contributed by atoms with van der Waals surface area (Å²) in [5, 5.41) is 0. The quantitative estimate of drug-likeness (QED) is 0.229. The van der Waals surface area contributed by atoms with Crippen molar-refractivity contribution in [3.63, 3.8) is 0 Å².